The average Bonchev–Trinajstić information content (AvgIpc) is 2.23. The summed E-state index contributed by atoms with van der Waals surface area (Å²) in [4.78, 5) is 0. The third kappa shape index (κ3) is 5.95. The molecule has 0 saturated heterocycles. The van der Waals surface area contributed by atoms with Gasteiger partial charge in [0.25, 0.3) is 0 Å². The molecule has 0 aromatic carbocycles. The van der Waals surface area contributed by atoms with Gasteiger partial charge in [-0.1, -0.05) is 0 Å². The third-order valence-corrected chi connectivity index (χ3v) is 29.7. The maximum absolute atomic E-state index is 3.70. The van der Waals surface area contributed by atoms with Crippen molar-refractivity contribution in [1.29, 1.82) is 0 Å². The molecule has 0 nitrogen and oxygen atoms in total. The molecule has 5 unspecified atom stereocenters. The first kappa shape index (κ1) is 16.5. The van der Waals surface area contributed by atoms with E-state index in [1.807, 2.05) is 0 Å². The number of allylic oxidation sites excluding steroid dienone is 1. The molecule has 0 aromatic heterocycles. The molecular formula is C12H25P5. The van der Waals surface area contributed by atoms with E-state index in [1.165, 1.54) is 14.1 Å². The summed E-state index contributed by atoms with van der Waals surface area (Å²) >= 11 is 0. The Morgan fingerprint density at radius 3 is 2.59 bits per heavy atom. The van der Waals surface area contributed by atoms with E-state index in [0.29, 0.717) is 0 Å². The van der Waals surface area contributed by atoms with Crippen LogP contribution in [0.25, 0.3) is 0 Å². The van der Waals surface area contributed by atoms with Crippen molar-refractivity contribution in [2.75, 3.05) is 39.5 Å². The normalized spacial score (nSPS) is 41.1. The van der Waals surface area contributed by atoms with Gasteiger partial charge in [0.1, 0.15) is 0 Å². The maximum atomic E-state index is 3.70. The van der Waals surface area contributed by atoms with Crippen molar-refractivity contribution in [2.45, 2.75) is 6.92 Å². The van der Waals surface area contributed by atoms with Crippen LogP contribution in [0.1, 0.15) is 6.92 Å². The van der Waals surface area contributed by atoms with Crippen LogP contribution in [0.15, 0.2) is 11.9 Å². The molecule has 1 aliphatic rings. The van der Waals surface area contributed by atoms with Crippen LogP contribution in [0.5, 0.6) is 0 Å². The molecule has 0 spiro atoms. The summed E-state index contributed by atoms with van der Waals surface area (Å²) < 4.78 is 0. The van der Waals surface area contributed by atoms with Gasteiger partial charge in [-0.3, -0.25) is 0 Å². The summed E-state index contributed by atoms with van der Waals surface area (Å²) in [6.07, 6.45) is 3.84. The third-order valence-electron chi connectivity index (χ3n) is 2.90. The van der Waals surface area contributed by atoms with Crippen molar-refractivity contribution in [3.8, 4) is 11.3 Å². The molecule has 0 bridgehead atoms. The molecule has 0 radical (unpaired) electrons. The van der Waals surface area contributed by atoms with Gasteiger partial charge in [-0.05, 0) is 0 Å². The van der Waals surface area contributed by atoms with Gasteiger partial charge in [0.05, 0.1) is 0 Å². The Morgan fingerprint density at radius 2 is 1.94 bits per heavy atom. The van der Waals surface area contributed by atoms with Crippen molar-refractivity contribution in [3.05, 3.63) is 11.9 Å². The summed E-state index contributed by atoms with van der Waals surface area (Å²) in [5.74, 6) is 3.14. The van der Waals surface area contributed by atoms with Crippen molar-refractivity contribution in [1.82, 2.24) is 0 Å². The van der Waals surface area contributed by atoms with Gasteiger partial charge < -0.3 is 0 Å². The molecule has 1 aliphatic heterocycles. The summed E-state index contributed by atoms with van der Waals surface area (Å²) in [7, 11) is 1.50. The molecule has 0 N–H and O–H groups in total. The Hall–Kier alpha value is 1.45. The van der Waals surface area contributed by atoms with Gasteiger partial charge >= 0.3 is 113 Å². The molecule has 17 heavy (non-hydrogen) atoms. The molecule has 5 atom stereocenters. The molecule has 1 rings (SSSR count). The monoisotopic (exact) mass is 324 g/mol. The van der Waals surface area contributed by atoms with Crippen LogP contribution in [-0.4, -0.2) is 39.5 Å². The van der Waals surface area contributed by atoms with Gasteiger partial charge in [0, 0.05) is 0 Å². The van der Waals surface area contributed by atoms with Crippen LogP contribution in [0.3, 0.4) is 0 Å². The zero-order valence-corrected chi connectivity index (χ0v) is 16.5. The van der Waals surface area contributed by atoms with Gasteiger partial charge in [0.2, 0.25) is 0 Å². The topological polar surface area (TPSA) is 0 Å². The molecule has 1 heterocycles. The van der Waals surface area contributed by atoms with Gasteiger partial charge in [-0.25, -0.2) is 0 Å². The van der Waals surface area contributed by atoms with Crippen molar-refractivity contribution >= 4 is 37.7 Å². The fourth-order valence-corrected chi connectivity index (χ4v) is 29.8. The number of hydrogen-bond acceptors (Lipinski definition) is 0. The van der Waals surface area contributed by atoms with Gasteiger partial charge in [-0.15, -0.1) is 0 Å². The first-order chi connectivity index (χ1) is 7.81. The summed E-state index contributed by atoms with van der Waals surface area (Å²) in [5, 5.41) is 0. The molecule has 0 amide bonds. The Kier molecular flexibility index (Phi) is 7.08. The molecule has 0 saturated carbocycles. The van der Waals surface area contributed by atoms with E-state index in [2.05, 4.69) is 63.5 Å². The average molecular weight is 324 g/mol. The van der Waals surface area contributed by atoms with Crippen LogP contribution in [0.2, 0.25) is 0 Å². The molecule has 0 aliphatic carbocycles. The summed E-state index contributed by atoms with van der Waals surface area (Å²) in [6, 6.07) is 0. The predicted octanol–water partition coefficient (Wildman–Crippen LogP) is 5.84. The molecule has 0 aromatic rings. The van der Waals surface area contributed by atoms with E-state index < -0.39 is 6.95 Å². The quantitative estimate of drug-likeness (QED) is 0.388. The second-order valence-electron chi connectivity index (χ2n) is 5.27. The minimum absolute atomic E-state index is 0.181. The molecular weight excluding hydrogens is 299 g/mol. The Bertz CT molecular complexity index is 339. The number of rotatable bonds is 0. The fourth-order valence-electron chi connectivity index (χ4n) is 1.54. The Balaban J connectivity index is 2.93. The van der Waals surface area contributed by atoms with Crippen LogP contribution in [0, 0.1) is 17.2 Å². The van der Waals surface area contributed by atoms with Crippen molar-refractivity contribution in [3.63, 3.8) is 0 Å². The Morgan fingerprint density at radius 1 is 1.29 bits per heavy atom. The first-order valence-electron chi connectivity index (χ1n) is 5.96. The molecule has 5 heteroatoms. The summed E-state index contributed by atoms with van der Waals surface area (Å²) in [5.41, 5.74) is 7.26. The van der Waals surface area contributed by atoms with E-state index in [4.69, 9.17) is 0 Å². The van der Waals surface area contributed by atoms with E-state index in [1.54, 1.807) is 0 Å². The van der Waals surface area contributed by atoms with E-state index >= 15 is 0 Å². The molecule has 98 valence electrons. The van der Waals surface area contributed by atoms with E-state index in [9.17, 15) is 0 Å². The van der Waals surface area contributed by atoms with Crippen LogP contribution < -0.4 is 0 Å². The zero-order chi connectivity index (χ0) is 13.1. The second-order valence-corrected chi connectivity index (χ2v) is 26.9. The summed E-state index contributed by atoms with van der Waals surface area (Å²) in [6.45, 7) is 13.4. The SMILES string of the molecule is CC1C=CP(C)C#C[PH](C)(C)P(C)PP(C)C1. The first-order valence-corrected chi connectivity index (χ1v) is 18.1. The van der Waals surface area contributed by atoms with Gasteiger partial charge in [-0.2, -0.15) is 0 Å². The second kappa shape index (κ2) is 7.29. The van der Waals surface area contributed by atoms with Crippen LogP contribution >= 0.6 is 37.7 Å². The Labute approximate surface area is 113 Å². The fraction of sp³-hybridized carbons (Fsp3) is 0.667. The predicted molar refractivity (Wildman–Crippen MR) is 98.0 cm³/mol. The van der Waals surface area contributed by atoms with Crippen LogP contribution in [0.4, 0.5) is 0 Å². The van der Waals surface area contributed by atoms with Gasteiger partial charge in [0.15, 0.2) is 0 Å². The minimum atomic E-state index is -1.24. The molecule has 0 fully saturated rings. The zero-order valence-electron chi connectivity index (χ0n) is 11.8. The standard InChI is InChI=1S/C12H25P5/c1-12-7-8-14(2)9-10-17(5,6)16(4)13-15(3)11-12/h7-8,12-13,17H,11H2,1-6H3. The van der Waals surface area contributed by atoms with Crippen LogP contribution in [-0.2, 0) is 0 Å². The van der Waals surface area contributed by atoms with Crippen molar-refractivity contribution in [2.24, 2.45) is 5.92 Å². The number of hydrogen-bond donors (Lipinski definition) is 0. The van der Waals surface area contributed by atoms with E-state index in [0.717, 1.165) is 5.92 Å². The van der Waals surface area contributed by atoms with E-state index in [-0.39, 0.29) is 22.8 Å². The van der Waals surface area contributed by atoms with Crippen molar-refractivity contribution < 1.29 is 0 Å².